The highest BCUT2D eigenvalue weighted by Gasteiger charge is 2.16. The molecule has 1 amide bonds. The normalized spacial score (nSPS) is 11.2. The maximum Gasteiger partial charge on any atom is 0.258 e. The van der Waals surface area contributed by atoms with Crippen LogP contribution in [0.3, 0.4) is 0 Å². The van der Waals surface area contributed by atoms with E-state index in [0.29, 0.717) is 41.6 Å². The third-order valence-corrected chi connectivity index (χ3v) is 4.40. The van der Waals surface area contributed by atoms with Crippen molar-refractivity contribution < 1.29 is 18.7 Å². The lowest BCUT2D eigenvalue weighted by molar-refractivity contribution is -0.124. The second-order valence-corrected chi connectivity index (χ2v) is 8.11. The van der Waals surface area contributed by atoms with Gasteiger partial charge in [0, 0.05) is 23.2 Å². The summed E-state index contributed by atoms with van der Waals surface area (Å²) in [6.45, 7) is 6.66. The van der Waals surface area contributed by atoms with Crippen molar-refractivity contribution in [2.45, 2.75) is 39.3 Å². The van der Waals surface area contributed by atoms with E-state index in [0.717, 1.165) is 5.56 Å². The van der Waals surface area contributed by atoms with E-state index in [1.54, 1.807) is 24.3 Å². The Morgan fingerprint density at radius 2 is 1.86 bits per heavy atom. The molecule has 0 aliphatic carbocycles. The summed E-state index contributed by atoms with van der Waals surface area (Å²) in [6.07, 6.45) is 0.575. The van der Waals surface area contributed by atoms with Gasteiger partial charge in [0.05, 0.1) is 7.11 Å². The monoisotopic (exact) mass is 422 g/mol. The van der Waals surface area contributed by atoms with Crippen LogP contribution in [0, 0.1) is 5.82 Å². The molecule has 0 fully saturated rings. The van der Waals surface area contributed by atoms with Crippen molar-refractivity contribution in [3.05, 3.63) is 58.4 Å². The number of ether oxygens (including phenoxy) is 2. The van der Waals surface area contributed by atoms with Gasteiger partial charge in [-0.15, -0.1) is 0 Å². The summed E-state index contributed by atoms with van der Waals surface area (Å²) in [6, 6.07) is 10.1. The molecule has 0 unspecified atom stereocenters. The number of hydrogen-bond acceptors (Lipinski definition) is 4. The molecule has 0 atom stereocenters. The second kappa shape index (κ2) is 10.5. The van der Waals surface area contributed by atoms with Crippen molar-refractivity contribution in [1.82, 2.24) is 10.6 Å². The quantitative estimate of drug-likeness (QED) is 0.597. The maximum atomic E-state index is 13.7. The van der Waals surface area contributed by atoms with E-state index < -0.39 is 0 Å². The zero-order valence-electron chi connectivity index (χ0n) is 17.3. The number of rotatable bonds is 9. The highest BCUT2D eigenvalue weighted by molar-refractivity contribution is 6.31. The molecule has 29 heavy (non-hydrogen) atoms. The van der Waals surface area contributed by atoms with Gasteiger partial charge in [0.2, 0.25) is 0 Å². The molecular weight excluding hydrogens is 395 g/mol. The number of amides is 1. The van der Waals surface area contributed by atoms with E-state index in [-0.39, 0.29) is 23.9 Å². The van der Waals surface area contributed by atoms with Gasteiger partial charge in [-0.1, -0.05) is 29.8 Å². The predicted octanol–water partition coefficient (Wildman–Crippen LogP) is 4.11. The molecule has 0 aliphatic heterocycles. The first-order chi connectivity index (χ1) is 13.7. The molecule has 0 aromatic heterocycles. The van der Waals surface area contributed by atoms with E-state index in [1.807, 2.05) is 26.8 Å². The standard InChI is InChI=1S/C22H28ClFN2O3/c1-22(2,3)26-21(27)14-29-20-12-17(23)16(11-19(20)28-4)13-25-10-9-15-7-5-6-8-18(15)24/h5-8,11-12,25H,9-10,13-14H2,1-4H3,(H,26,27). The van der Waals surface area contributed by atoms with E-state index >= 15 is 0 Å². The predicted molar refractivity (Wildman–Crippen MR) is 113 cm³/mol. The van der Waals surface area contributed by atoms with Crippen LogP contribution in [-0.4, -0.2) is 31.7 Å². The van der Waals surface area contributed by atoms with Crippen molar-refractivity contribution in [3.63, 3.8) is 0 Å². The van der Waals surface area contributed by atoms with Crippen molar-refractivity contribution in [3.8, 4) is 11.5 Å². The van der Waals surface area contributed by atoms with Crippen molar-refractivity contribution in [2.24, 2.45) is 0 Å². The first-order valence-corrected chi connectivity index (χ1v) is 9.82. The van der Waals surface area contributed by atoms with Gasteiger partial charge in [-0.2, -0.15) is 0 Å². The van der Waals surface area contributed by atoms with Crippen LogP contribution in [0.15, 0.2) is 36.4 Å². The summed E-state index contributed by atoms with van der Waals surface area (Å²) in [5, 5.41) is 6.58. The van der Waals surface area contributed by atoms with Gasteiger partial charge in [0.1, 0.15) is 5.82 Å². The fourth-order valence-corrected chi connectivity index (χ4v) is 2.95. The minimum absolute atomic E-state index is 0.135. The van der Waals surface area contributed by atoms with Crippen molar-refractivity contribution in [1.29, 1.82) is 0 Å². The van der Waals surface area contributed by atoms with E-state index in [2.05, 4.69) is 10.6 Å². The van der Waals surface area contributed by atoms with Gasteiger partial charge in [-0.05, 0) is 57.0 Å². The van der Waals surface area contributed by atoms with Crippen LogP contribution in [0.1, 0.15) is 31.9 Å². The highest BCUT2D eigenvalue weighted by Crippen LogP contribution is 2.33. The molecule has 7 heteroatoms. The zero-order chi connectivity index (χ0) is 21.4. The number of halogens is 2. The molecule has 2 rings (SSSR count). The van der Waals surface area contributed by atoms with Crippen molar-refractivity contribution >= 4 is 17.5 Å². The molecule has 2 aromatic rings. The molecule has 0 saturated carbocycles. The Hall–Kier alpha value is -2.31. The average Bonchev–Trinajstić information content (AvgIpc) is 2.64. The fourth-order valence-electron chi connectivity index (χ4n) is 2.73. The zero-order valence-corrected chi connectivity index (χ0v) is 18.0. The lowest BCUT2D eigenvalue weighted by atomic mass is 10.1. The summed E-state index contributed by atoms with van der Waals surface area (Å²) in [7, 11) is 1.53. The summed E-state index contributed by atoms with van der Waals surface area (Å²) in [5.41, 5.74) is 1.16. The Labute approximate surface area is 176 Å². The fraction of sp³-hybridized carbons (Fsp3) is 0.409. The topological polar surface area (TPSA) is 59.6 Å². The van der Waals surface area contributed by atoms with Gasteiger partial charge >= 0.3 is 0 Å². The van der Waals surface area contributed by atoms with Crippen LogP contribution < -0.4 is 20.1 Å². The van der Waals surface area contributed by atoms with E-state index in [4.69, 9.17) is 21.1 Å². The minimum Gasteiger partial charge on any atom is -0.493 e. The SMILES string of the molecule is COc1cc(CNCCc2ccccc2F)c(Cl)cc1OCC(=O)NC(C)(C)C. The molecule has 0 spiro atoms. The Bertz CT molecular complexity index is 837. The van der Waals surface area contributed by atoms with Crippen LogP contribution in [0.4, 0.5) is 4.39 Å². The van der Waals surface area contributed by atoms with Gasteiger partial charge in [-0.3, -0.25) is 4.79 Å². The summed E-state index contributed by atoms with van der Waals surface area (Å²) < 4.78 is 24.6. The number of methoxy groups -OCH3 is 1. The summed E-state index contributed by atoms with van der Waals surface area (Å²) in [4.78, 5) is 12.0. The Morgan fingerprint density at radius 1 is 1.14 bits per heavy atom. The molecular formula is C22H28ClFN2O3. The van der Waals surface area contributed by atoms with Gasteiger partial charge in [-0.25, -0.2) is 4.39 Å². The van der Waals surface area contributed by atoms with Crippen LogP contribution >= 0.6 is 11.6 Å². The molecule has 0 heterocycles. The lowest BCUT2D eigenvalue weighted by Gasteiger charge is -2.21. The third-order valence-electron chi connectivity index (χ3n) is 4.05. The smallest absolute Gasteiger partial charge is 0.258 e. The van der Waals surface area contributed by atoms with Crippen LogP contribution in [-0.2, 0) is 17.8 Å². The van der Waals surface area contributed by atoms with Gasteiger partial charge < -0.3 is 20.1 Å². The Balaban J connectivity index is 1.93. The number of carbonyl (C=O) groups is 1. The first-order valence-electron chi connectivity index (χ1n) is 9.44. The Morgan fingerprint density at radius 3 is 2.52 bits per heavy atom. The highest BCUT2D eigenvalue weighted by atomic mass is 35.5. The molecule has 2 N–H and O–H groups in total. The van der Waals surface area contributed by atoms with Crippen LogP contribution in [0.2, 0.25) is 5.02 Å². The second-order valence-electron chi connectivity index (χ2n) is 7.70. The maximum absolute atomic E-state index is 13.7. The molecule has 0 saturated heterocycles. The summed E-state index contributed by atoms with van der Waals surface area (Å²) in [5.74, 6) is 0.459. The van der Waals surface area contributed by atoms with Crippen LogP contribution in [0.25, 0.3) is 0 Å². The van der Waals surface area contributed by atoms with Crippen molar-refractivity contribution in [2.75, 3.05) is 20.3 Å². The lowest BCUT2D eigenvalue weighted by Crippen LogP contribution is -2.43. The third kappa shape index (κ3) is 7.55. The minimum atomic E-state index is -0.333. The van der Waals surface area contributed by atoms with Gasteiger partial charge in [0.15, 0.2) is 18.1 Å². The Kier molecular flexibility index (Phi) is 8.29. The number of hydrogen-bond donors (Lipinski definition) is 2. The first kappa shape index (κ1) is 23.0. The molecule has 5 nitrogen and oxygen atoms in total. The number of benzene rings is 2. The van der Waals surface area contributed by atoms with E-state index in [1.165, 1.54) is 13.2 Å². The number of carbonyl (C=O) groups excluding carboxylic acids is 1. The molecule has 0 aliphatic rings. The molecule has 2 aromatic carbocycles. The van der Waals surface area contributed by atoms with E-state index in [9.17, 15) is 9.18 Å². The average molecular weight is 423 g/mol. The molecule has 0 radical (unpaired) electrons. The number of nitrogens with one attached hydrogen (secondary N) is 2. The largest absolute Gasteiger partial charge is 0.493 e. The molecule has 158 valence electrons. The van der Waals surface area contributed by atoms with Crippen LogP contribution in [0.5, 0.6) is 11.5 Å². The molecule has 0 bridgehead atoms. The van der Waals surface area contributed by atoms with Gasteiger partial charge in [0.25, 0.3) is 5.91 Å². The summed E-state index contributed by atoms with van der Waals surface area (Å²) >= 11 is 6.37.